The van der Waals surface area contributed by atoms with E-state index < -0.39 is 53.8 Å². The third kappa shape index (κ3) is 14.3. The second-order valence-corrected chi connectivity index (χ2v) is 8.41. The van der Waals surface area contributed by atoms with Gasteiger partial charge in [0.15, 0.2) is 5.96 Å². The van der Waals surface area contributed by atoms with Crippen LogP contribution in [0.4, 0.5) is 0 Å². The third-order valence-electron chi connectivity index (χ3n) is 4.99. The van der Waals surface area contributed by atoms with Crippen molar-refractivity contribution in [1.29, 1.82) is 0 Å². The Hall–Kier alpha value is -3.11. The summed E-state index contributed by atoms with van der Waals surface area (Å²) >= 11 is 4.08. The number of carboxylic acids is 1. The fourth-order valence-electron chi connectivity index (χ4n) is 2.97. The molecule has 0 aromatic carbocycles. The number of carbonyl (C=O) groups excluding carboxylic acids is 4. The first-order chi connectivity index (χ1) is 16.9. The Kier molecular flexibility index (Phi) is 16.6. The molecule has 0 radical (unpaired) electrons. The molecule has 4 atom stereocenters. The number of thiol groups is 1. The molecule has 4 unspecified atom stereocenters. The van der Waals surface area contributed by atoms with E-state index in [9.17, 15) is 29.1 Å². The first-order valence-corrected chi connectivity index (χ1v) is 12.1. The van der Waals surface area contributed by atoms with Crippen LogP contribution < -0.4 is 44.6 Å². The number of carboxylic acid groups (broad SMARTS) is 1. The molecule has 0 heterocycles. The molecule has 14 N–H and O–H groups in total. The standard InChI is InChI=1S/C20H39N9O6S/c21-8-2-1-4-12(27-16(31)11(22)6-7-15(23)30)17(32)29-14(10-36)18(33)28-13(19(34)35)5-3-9-26-20(24)25/h11-14,36H,1-10,21-22H2,(H2,23,30)(H,27,31)(H,28,33)(H,29,32)(H,34,35)(H4,24,25,26). The van der Waals surface area contributed by atoms with Crippen LogP contribution >= 0.6 is 12.6 Å². The van der Waals surface area contributed by atoms with Gasteiger partial charge in [0.1, 0.15) is 18.1 Å². The fourth-order valence-corrected chi connectivity index (χ4v) is 3.23. The zero-order valence-corrected chi connectivity index (χ0v) is 21.0. The van der Waals surface area contributed by atoms with Gasteiger partial charge in [0.25, 0.3) is 0 Å². The number of nitrogens with one attached hydrogen (secondary N) is 3. The lowest BCUT2D eigenvalue weighted by molar-refractivity contribution is -0.142. The summed E-state index contributed by atoms with van der Waals surface area (Å²) in [5.74, 6) is -4.27. The minimum Gasteiger partial charge on any atom is -0.480 e. The van der Waals surface area contributed by atoms with Crippen LogP contribution in [0.3, 0.4) is 0 Å². The number of amides is 4. The average Bonchev–Trinajstić information content (AvgIpc) is 2.81. The lowest BCUT2D eigenvalue weighted by Crippen LogP contribution is -2.57. The minimum absolute atomic E-state index is 0.000260. The zero-order chi connectivity index (χ0) is 27.7. The van der Waals surface area contributed by atoms with Crippen LogP contribution in [0.1, 0.15) is 44.9 Å². The smallest absolute Gasteiger partial charge is 0.326 e. The SMILES string of the molecule is NCCCCC(NC(=O)C(N)CCC(N)=O)C(=O)NC(CS)C(=O)NC(CCCN=C(N)N)C(=O)O. The molecule has 36 heavy (non-hydrogen) atoms. The second kappa shape index (κ2) is 18.2. The first-order valence-electron chi connectivity index (χ1n) is 11.5. The average molecular weight is 534 g/mol. The van der Waals surface area contributed by atoms with E-state index in [1.54, 1.807) is 0 Å². The number of nitrogens with two attached hydrogens (primary N) is 5. The Labute approximate surface area is 215 Å². The molecule has 206 valence electrons. The quantitative estimate of drug-likeness (QED) is 0.0334. The van der Waals surface area contributed by atoms with E-state index in [2.05, 4.69) is 33.6 Å². The number of primary amides is 1. The molecule has 0 fully saturated rings. The van der Waals surface area contributed by atoms with Crippen molar-refractivity contribution >= 4 is 48.2 Å². The van der Waals surface area contributed by atoms with Gasteiger partial charge < -0.3 is 49.7 Å². The molecule has 4 amide bonds. The molecule has 15 nitrogen and oxygen atoms in total. The molecule has 0 bridgehead atoms. The van der Waals surface area contributed by atoms with Crippen LogP contribution in [-0.4, -0.2) is 83.7 Å². The third-order valence-corrected chi connectivity index (χ3v) is 5.36. The number of nitrogens with zero attached hydrogens (tertiary/aromatic N) is 1. The lowest BCUT2D eigenvalue weighted by Gasteiger charge is -2.24. The van der Waals surface area contributed by atoms with Gasteiger partial charge in [0.05, 0.1) is 6.04 Å². The highest BCUT2D eigenvalue weighted by atomic mass is 32.1. The number of carbonyl (C=O) groups is 5. The van der Waals surface area contributed by atoms with Crippen molar-refractivity contribution in [1.82, 2.24) is 16.0 Å². The number of hydrogen-bond acceptors (Lipinski definition) is 9. The van der Waals surface area contributed by atoms with Crippen LogP contribution in [0.15, 0.2) is 4.99 Å². The van der Waals surface area contributed by atoms with E-state index in [0.29, 0.717) is 19.4 Å². The van der Waals surface area contributed by atoms with Crippen molar-refractivity contribution in [2.24, 2.45) is 33.7 Å². The summed E-state index contributed by atoms with van der Waals surface area (Å²) in [6.07, 6.45) is 1.53. The number of hydrogen-bond donors (Lipinski definition) is 10. The van der Waals surface area contributed by atoms with Crippen molar-refractivity contribution in [2.75, 3.05) is 18.8 Å². The summed E-state index contributed by atoms with van der Waals surface area (Å²) in [6.45, 7) is 0.558. The number of aliphatic carboxylic acids is 1. The second-order valence-electron chi connectivity index (χ2n) is 8.05. The zero-order valence-electron chi connectivity index (χ0n) is 20.2. The maximum Gasteiger partial charge on any atom is 0.326 e. The summed E-state index contributed by atoms with van der Waals surface area (Å²) in [7, 11) is 0. The molecule has 0 rings (SSSR count). The van der Waals surface area contributed by atoms with E-state index in [0.717, 1.165) is 0 Å². The summed E-state index contributed by atoms with van der Waals surface area (Å²) in [5, 5.41) is 16.8. The largest absolute Gasteiger partial charge is 0.480 e. The molecule has 0 spiro atoms. The van der Waals surface area contributed by atoms with Gasteiger partial charge in [0, 0.05) is 18.7 Å². The van der Waals surface area contributed by atoms with Crippen molar-refractivity contribution in [2.45, 2.75) is 69.1 Å². The summed E-state index contributed by atoms with van der Waals surface area (Å²) < 4.78 is 0. The van der Waals surface area contributed by atoms with Crippen molar-refractivity contribution in [3.8, 4) is 0 Å². The van der Waals surface area contributed by atoms with Crippen molar-refractivity contribution in [3.63, 3.8) is 0 Å². The molecule has 0 saturated heterocycles. The highest BCUT2D eigenvalue weighted by Gasteiger charge is 2.29. The Morgan fingerprint density at radius 3 is 1.89 bits per heavy atom. The minimum atomic E-state index is -1.27. The summed E-state index contributed by atoms with van der Waals surface area (Å²) in [6, 6.07) is -4.54. The fraction of sp³-hybridized carbons (Fsp3) is 0.700. The van der Waals surface area contributed by atoms with Gasteiger partial charge in [-0.25, -0.2) is 4.79 Å². The van der Waals surface area contributed by atoms with Gasteiger partial charge in [-0.3, -0.25) is 24.2 Å². The van der Waals surface area contributed by atoms with Gasteiger partial charge in [-0.1, -0.05) is 0 Å². The highest BCUT2D eigenvalue weighted by Crippen LogP contribution is 2.05. The van der Waals surface area contributed by atoms with E-state index in [1.165, 1.54) is 0 Å². The van der Waals surface area contributed by atoms with Gasteiger partial charge in [-0.2, -0.15) is 12.6 Å². The number of guanidine groups is 1. The molecule has 0 aromatic heterocycles. The van der Waals surface area contributed by atoms with E-state index in [-0.39, 0.29) is 50.4 Å². The highest BCUT2D eigenvalue weighted by molar-refractivity contribution is 7.80. The maximum absolute atomic E-state index is 12.9. The van der Waals surface area contributed by atoms with Gasteiger partial charge in [-0.15, -0.1) is 0 Å². The predicted molar refractivity (Wildman–Crippen MR) is 137 cm³/mol. The predicted octanol–water partition coefficient (Wildman–Crippen LogP) is -3.77. The monoisotopic (exact) mass is 533 g/mol. The van der Waals surface area contributed by atoms with E-state index in [1.807, 2.05) is 0 Å². The van der Waals surface area contributed by atoms with Crippen LogP contribution in [-0.2, 0) is 24.0 Å². The molecule has 16 heteroatoms. The van der Waals surface area contributed by atoms with E-state index >= 15 is 0 Å². The molecule has 0 saturated carbocycles. The number of aliphatic imine (C=N–C) groups is 1. The summed E-state index contributed by atoms with van der Waals surface area (Å²) in [5.41, 5.74) is 26.8. The molecule has 0 aromatic rings. The van der Waals surface area contributed by atoms with Crippen molar-refractivity contribution < 1.29 is 29.1 Å². The molecular weight excluding hydrogens is 494 g/mol. The van der Waals surface area contributed by atoms with Gasteiger partial charge in [0.2, 0.25) is 23.6 Å². The number of unbranched alkanes of at least 4 members (excludes halogenated alkanes) is 1. The Morgan fingerprint density at radius 1 is 0.806 bits per heavy atom. The first kappa shape index (κ1) is 32.9. The molecule has 0 aliphatic rings. The van der Waals surface area contributed by atoms with Crippen LogP contribution in [0, 0.1) is 0 Å². The lowest BCUT2D eigenvalue weighted by atomic mass is 10.1. The topological polar surface area (TPSA) is 284 Å². The Morgan fingerprint density at radius 2 is 1.36 bits per heavy atom. The molecular formula is C20H39N9O6S. The Balaban J connectivity index is 5.21. The molecule has 0 aliphatic heterocycles. The maximum atomic E-state index is 12.9. The summed E-state index contributed by atoms with van der Waals surface area (Å²) in [4.78, 5) is 64.2. The van der Waals surface area contributed by atoms with Crippen LogP contribution in [0.25, 0.3) is 0 Å². The van der Waals surface area contributed by atoms with Gasteiger partial charge in [-0.05, 0) is 45.1 Å². The van der Waals surface area contributed by atoms with E-state index in [4.69, 9.17) is 28.7 Å². The van der Waals surface area contributed by atoms with Crippen LogP contribution in [0.5, 0.6) is 0 Å². The normalized spacial score (nSPS) is 14.0. The van der Waals surface area contributed by atoms with Gasteiger partial charge >= 0.3 is 5.97 Å². The molecule has 0 aliphatic carbocycles. The van der Waals surface area contributed by atoms with Crippen LogP contribution in [0.2, 0.25) is 0 Å². The Bertz CT molecular complexity index is 779. The van der Waals surface area contributed by atoms with Crippen molar-refractivity contribution in [3.05, 3.63) is 0 Å². The number of rotatable bonds is 19.